The van der Waals surface area contributed by atoms with Crippen molar-refractivity contribution in [2.45, 2.75) is 39.0 Å². The molecule has 7 heteroatoms. The Hall–Kier alpha value is -3.35. The maximum atomic E-state index is 15.2. The third-order valence-corrected chi connectivity index (χ3v) is 5.62. The van der Waals surface area contributed by atoms with Crippen molar-refractivity contribution in [3.63, 3.8) is 0 Å². The molecule has 0 saturated heterocycles. The van der Waals surface area contributed by atoms with Gasteiger partial charge in [0.2, 0.25) is 0 Å². The van der Waals surface area contributed by atoms with E-state index in [0.29, 0.717) is 0 Å². The van der Waals surface area contributed by atoms with Crippen molar-refractivity contribution in [2.75, 3.05) is 6.61 Å². The fourth-order valence-electron chi connectivity index (χ4n) is 4.05. The second-order valence-electron chi connectivity index (χ2n) is 7.75. The molecule has 0 fully saturated rings. The summed E-state index contributed by atoms with van der Waals surface area (Å²) in [6, 6.07) is 11.8. The van der Waals surface area contributed by atoms with E-state index in [0.717, 1.165) is 24.5 Å². The first-order valence-electron chi connectivity index (χ1n) is 10.7. The molecule has 1 aliphatic rings. The maximum Gasteiger partial charge on any atom is 0.343 e. The molecule has 172 valence electrons. The molecule has 0 heterocycles. The minimum atomic E-state index is -2.48. The van der Waals surface area contributed by atoms with Crippen LogP contribution in [0.1, 0.15) is 59.7 Å². The van der Waals surface area contributed by atoms with E-state index in [-0.39, 0.29) is 29.0 Å². The fourth-order valence-corrected chi connectivity index (χ4v) is 4.05. The first-order chi connectivity index (χ1) is 15.9. The molecule has 33 heavy (non-hydrogen) atoms. The predicted octanol–water partition coefficient (Wildman–Crippen LogP) is 7.24. The van der Waals surface area contributed by atoms with E-state index >= 15 is 8.78 Å². The van der Waals surface area contributed by atoms with Gasteiger partial charge in [-0.3, -0.25) is 0 Å². The molecule has 0 N–H and O–H groups in total. The zero-order chi connectivity index (χ0) is 23.7. The number of hydrogen-bond donors (Lipinski definition) is 0. The standard InChI is InChI=1S/C26H22F4O3/c1-3-5-14-6-8-15(9-7-14)26(31)33-19-13-11-17-16-10-12-18(32-4-2)22(27)20(16)24(29)25(30)21(17)23(19)28/h6-13,24-25H,3-5H2,1-2H3. The molecule has 0 spiro atoms. The van der Waals surface area contributed by atoms with Crippen LogP contribution in [-0.4, -0.2) is 12.6 Å². The highest BCUT2D eigenvalue weighted by molar-refractivity contribution is 5.91. The van der Waals surface area contributed by atoms with Crippen molar-refractivity contribution in [1.29, 1.82) is 0 Å². The predicted molar refractivity (Wildman–Crippen MR) is 116 cm³/mol. The van der Waals surface area contributed by atoms with Crippen LogP contribution in [0, 0.1) is 11.6 Å². The van der Waals surface area contributed by atoms with Gasteiger partial charge in [0, 0.05) is 11.1 Å². The number of hydrogen-bond acceptors (Lipinski definition) is 3. The number of esters is 1. The van der Waals surface area contributed by atoms with E-state index in [1.54, 1.807) is 31.2 Å². The molecule has 3 nitrogen and oxygen atoms in total. The van der Waals surface area contributed by atoms with Crippen LogP contribution in [0.3, 0.4) is 0 Å². The number of carbonyl (C=O) groups is 1. The molecule has 2 atom stereocenters. The first kappa shape index (κ1) is 22.8. The minimum absolute atomic E-state index is 0.00503. The lowest BCUT2D eigenvalue weighted by Crippen LogP contribution is -2.17. The second-order valence-corrected chi connectivity index (χ2v) is 7.75. The summed E-state index contributed by atoms with van der Waals surface area (Å²) in [6.45, 7) is 3.82. The highest BCUT2D eigenvalue weighted by Gasteiger charge is 2.40. The Morgan fingerprint density at radius 3 is 1.91 bits per heavy atom. The topological polar surface area (TPSA) is 35.5 Å². The summed E-state index contributed by atoms with van der Waals surface area (Å²) < 4.78 is 70.2. The summed E-state index contributed by atoms with van der Waals surface area (Å²) in [5.74, 6) is -3.77. The van der Waals surface area contributed by atoms with Gasteiger partial charge in [0.25, 0.3) is 0 Å². The van der Waals surface area contributed by atoms with Gasteiger partial charge in [-0.25, -0.2) is 22.4 Å². The summed E-state index contributed by atoms with van der Waals surface area (Å²) in [6.07, 6.45) is -3.12. The first-order valence-corrected chi connectivity index (χ1v) is 10.7. The van der Waals surface area contributed by atoms with Gasteiger partial charge < -0.3 is 9.47 Å². The lowest BCUT2D eigenvalue weighted by molar-refractivity contribution is 0.0726. The van der Waals surface area contributed by atoms with Crippen LogP contribution in [0.25, 0.3) is 11.1 Å². The van der Waals surface area contributed by atoms with Gasteiger partial charge in [-0.05, 0) is 54.3 Å². The minimum Gasteiger partial charge on any atom is -0.491 e. The summed E-state index contributed by atoms with van der Waals surface area (Å²) in [4.78, 5) is 12.5. The van der Waals surface area contributed by atoms with Crippen LogP contribution in [-0.2, 0) is 6.42 Å². The van der Waals surface area contributed by atoms with Crippen LogP contribution in [0.15, 0.2) is 48.5 Å². The highest BCUT2D eigenvalue weighted by atomic mass is 19.2. The van der Waals surface area contributed by atoms with Crippen LogP contribution in [0.5, 0.6) is 11.5 Å². The molecule has 2 unspecified atom stereocenters. The summed E-state index contributed by atoms with van der Waals surface area (Å²) in [7, 11) is 0. The van der Waals surface area contributed by atoms with E-state index in [2.05, 4.69) is 0 Å². The van der Waals surface area contributed by atoms with E-state index in [9.17, 15) is 13.6 Å². The summed E-state index contributed by atoms with van der Waals surface area (Å²) in [5, 5.41) is 0. The monoisotopic (exact) mass is 458 g/mol. The number of halogens is 4. The number of alkyl halides is 2. The van der Waals surface area contributed by atoms with Crippen molar-refractivity contribution in [3.05, 3.63) is 82.4 Å². The van der Waals surface area contributed by atoms with Crippen LogP contribution in [0.4, 0.5) is 17.6 Å². The van der Waals surface area contributed by atoms with Crippen LogP contribution >= 0.6 is 0 Å². The Kier molecular flexibility index (Phi) is 6.40. The van der Waals surface area contributed by atoms with Gasteiger partial charge in [-0.2, -0.15) is 0 Å². The molecule has 3 aromatic rings. The molecule has 0 amide bonds. The highest BCUT2D eigenvalue weighted by Crippen LogP contribution is 2.52. The average molecular weight is 458 g/mol. The number of ether oxygens (including phenoxy) is 2. The molecule has 0 saturated carbocycles. The molecular weight excluding hydrogens is 436 g/mol. The summed E-state index contributed by atoms with van der Waals surface area (Å²) in [5.41, 5.74) is 0.134. The lowest BCUT2D eigenvalue weighted by atomic mass is 9.82. The largest absolute Gasteiger partial charge is 0.491 e. The maximum absolute atomic E-state index is 15.2. The smallest absolute Gasteiger partial charge is 0.343 e. The number of fused-ring (bicyclic) bond motifs is 3. The fraction of sp³-hybridized carbons (Fsp3) is 0.269. The molecule has 3 aromatic carbocycles. The van der Waals surface area contributed by atoms with E-state index in [4.69, 9.17) is 9.47 Å². The lowest BCUT2D eigenvalue weighted by Gasteiger charge is -2.28. The van der Waals surface area contributed by atoms with Crippen LogP contribution in [0.2, 0.25) is 0 Å². The molecule has 0 aliphatic heterocycles. The molecule has 1 aliphatic carbocycles. The van der Waals surface area contributed by atoms with Crippen LogP contribution < -0.4 is 9.47 Å². The number of benzene rings is 3. The van der Waals surface area contributed by atoms with Crippen molar-refractivity contribution >= 4 is 5.97 Å². The number of aryl methyl sites for hydroxylation is 1. The SMILES string of the molecule is CCCc1ccc(C(=O)Oc2ccc3c(c2F)C(F)C(F)c2c-3ccc(OCC)c2F)cc1. The Bertz CT molecular complexity index is 1190. The Morgan fingerprint density at radius 1 is 0.818 bits per heavy atom. The van der Waals surface area contributed by atoms with Crippen molar-refractivity contribution in [2.24, 2.45) is 0 Å². The van der Waals surface area contributed by atoms with Crippen molar-refractivity contribution in [1.82, 2.24) is 0 Å². The molecular formula is C26H22F4O3. The van der Waals surface area contributed by atoms with E-state index in [1.165, 1.54) is 18.2 Å². The zero-order valence-corrected chi connectivity index (χ0v) is 18.1. The van der Waals surface area contributed by atoms with Gasteiger partial charge in [-0.15, -0.1) is 0 Å². The van der Waals surface area contributed by atoms with Gasteiger partial charge >= 0.3 is 5.97 Å². The normalized spacial score (nSPS) is 16.7. The molecule has 4 rings (SSSR count). The Labute approximate surface area is 189 Å². The van der Waals surface area contributed by atoms with Crippen molar-refractivity contribution in [3.8, 4) is 22.6 Å². The molecule has 0 radical (unpaired) electrons. The number of rotatable bonds is 6. The average Bonchev–Trinajstić information content (AvgIpc) is 2.81. The third kappa shape index (κ3) is 4.08. The Morgan fingerprint density at radius 2 is 1.36 bits per heavy atom. The van der Waals surface area contributed by atoms with E-state index in [1.807, 2.05) is 6.92 Å². The van der Waals surface area contributed by atoms with Gasteiger partial charge in [-0.1, -0.05) is 37.6 Å². The zero-order valence-electron chi connectivity index (χ0n) is 18.1. The molecule has 0 bridgehead atoms. The summed E-state index contributed by atoms with van der Waals surface area (Å²) >= 11 is 0. The Balaban J connectivity index is 1.69. The van der Waals surface area contributed by atoms with Gasteiger partial charge in [0.05, 0.1) is 12.2 Å². The quantitative estimate of drug-likeness (QED) is 0.222. The van der Waals surface area contributed by atoms with Gasteiger partial charge in [0.15, 0.2) is 35.5 Å². The van der Waals surface area contributed by atoms with Gasteiger partial charge in [0.1, 0.15) is 0 Å². The van der Waals surface area contributed by atoms with Crippen molar-refractivity contribution < 1.29 is 31.8 Å². The number of carbonyl (C=O) groups excluding carboxylic acids is 1. The second kappa shape index (κ2) is 9.25. The molecule has 0 aromatic heterocycles. The third-order valence-electron chi connectivity index (χ3n) is 5.62. The van der Waals surface area contributed by atoms with E-state index < -0.39 is 46.8 Å².